The van der Waals surface area contributed by atoms with Gasteiger partial charge in [-0.2, -0.15) is 5.26 Å². The van der Waals surface area contributed by atoms with Crippen molar-refractivity contribution in [2.45, 2.75) is 6.43 Å². The molecule has 1 heterocycles. The molecule has 78 valence electrons. The van der Waals surface area contributed by atoms with Gasteiger partial charge < -0.3 is 10.1 Å². The Morgan fingerprint density at radius 2 is 2.20 bits per heavy atom. The Morgan fingerprint density at radius 1 is 1.60 bits per heavy atom. The Bertz CT molecular complexity index is 502. The second-order valence-corrected chi connectivity index (χ2v) is 2.56. The van der Waals surface area contributed by atoms with E-state index in [0.29, 0.717) is 6.07 Å². The number of hydrogen-bond acceptors (Lipinski definition) is 3. The SMILES string of the molecule is N#Cc1cc(C(=O)O)[nH]c(=O)c1C(F)F. The van der Waals surface area contributed by atoms with Crippen LogP contribution in [0.15, 0.2) is 10.9 Å². The molecule has 0 bridgehead atoms. The number of alkyl halides is 2. The number of H-pyrrole nitrogens is 1. The summed E-state index contributed by atoms with van der Waals surface area (Å²) in [6, 6.07) is 2.05. The second-order valence-electron chi connectivity index (χ2n) is 2.56. The number of pyridine rings is 1. The molecule has 0 radical (unpaired) electrons. The van der Waals surface area contributed by atoms with Gasteiger partial charge in [-0.1, -0.05) is 0 Å². The van der Waals surface area contributed by atoms with Crippen molar-refractivity contribution in [2.24, 2.45) is 0 Å². The number of carboxylic acid groups (broad SMARTS) is 1. The summed E-state index contributed by atoms with van der Waals surface area (Å²) in [5, 5.41) is 17.0. The number of halogens is 2. The van der Waals surface area contributed by atoms with Gasteiger partial charge in [0.1, 0.15) is 11.3 Å². The van der Waals surface area contributed by atoms with E-state index in [9.17, 15) is 18.4 Å². The van der Waals surface area contributed by atoms with Gasteiger partial charge in [-0.05, 0) is 6.07 Å². The van der Waals surface area contributed by atoms with E-state index in [4.69, 9.17) is 10.4 Å². The molecule has 0 spiro atoms. The largest absolute Gasteiger partial charge is 0.477 e. The lowest BCUT2D eigenvalue weighted by molar-refractivity contribution is 0.0689. The van der Waals surface area contributed by atoms with Crippen LogP contribution in [0.5, 0.6) is 0 Å². The molecular weight excluding hydrogens is 210 g/mol. The Labute approximate surface area is 81.6 Å². The van der Waals surface area contributed by atoms with Crippen molar-refractivity contribution in [3.8, 4) is 6.07 Å². The average molecular weight is 214 g/mol. The normalized spacial score (nSPS) is 10.0. The van der Waals surface area contributed by atoms with Crippen molar-refractivity contribution in [1.82, 2.24) is 4.98 Å². The molecule has 0 amide bonds. The van der Waals surface area contributed by atoms with Gasteiger partial charge in [-0.15, -0.1) is 0 Å². The van der Waals surface area contributed by atoms with Crippen LogP contribution in [0.1, 0.15) is 28.0 Å². The number of rotatable bonds is 2. The molecule has 1 rings (SSSR count). The maximum Gasteiger partial charge on any atom is 0.352 e. The predicted octanol–water partition coefficient (Wildman–Crippen LogP) is 0.882. The number of aromatic carboxylic acids is 1. The van der Waals surface area contributed by atoms with Gasteiger partial charge in [0.2, 0.25) is 0 Å². The number of nitrogens with one attached hydrogen (secondary N) is 1. The number of aromatic nitrogens is 1. The number of hydrogen-bond donors (Lipinski definition) is 2. The summed E-state index contributed by atoms with van der Waals surface area (Å²) in [6.45, 7) is 0. The molecule has 0 saturated carbocycles. The summed E-state index contributed by atoms with van der Waals surface area (Å²) >= 11 is 0. The van der Waals surface area contributed by atoms with E-state index in [2.05, 4.69) is 0 Å². The number of carboxylic acids is 1. The lowest BCUT2D eigenvalue weighted by Gasteiger charge is -2.02. The molecule has 7 heteroatoms. The summed E-state index contributed by atoms with van der Waals surface area (Å²) in [5.41, 5.74) is -3.50. The van der Waals surface area contributed by atoms with Gasteiger partial charge in [0.25, 0.3) is 12.0 Å². The van der Waals surface area contributed by atoms with E-state index in [1.54, 1.807) is 4.98 Å². The summed E-state index contributed by atoms with van der Waals surface area (Å²) in [5.74, 6) is -1.50. The Hall–Kier alpha value is -2.23. The van der Waals surface area contributed by atoms with Crippen molar-refractivity contribution in [2.75, 3.05) is 0 Å². The molecule has 0 saturated heterocycles. The highest BCUT2D eigenvalue weighted by atomic mass is 19.3. The average Bonchev–Trinajstić information content (AvgIpc) is 2.15. The molecule has 0 aliphatic heterocycles. The minimum Gasteiger partial charge on any atom is -0.477 e. The zero-order valence-corrected chi connectivity index (χ0v) is 7.12. The maximum absolute atomic E-state index is 12.3. The van der Waals surface area contributed by atoms with Crippen LogP contribution in [0, 0.1) is 11.3 Å². The van der Waals surface area contributed by atoms with Crippen LogP contribution in [-0.2, 0) is 0 Å². The van der Waals surface area contributed by atoms with Crippen LogP contribution >= 0.6 is 0 Å². The number of nitriles is 1. The smallest absolute Gasteiger partial charge is 0.352 e. The van der Waals surface area contributed by atoms with Crippen LogP contribution in [0.4, 0.5) is 8.78 Å². The van der Waals surface area contributed by atoms with E-state index in [1.807, 2.05) is 0 Å². The minimum atomic E-state index is -3.12. The van der Waals surface area contributed by atoms with Crippen LogP contribution in [0.2, 0.25) is 0 Å². The first kappa shape index (κ1) is 10.8. The maximum atomic E-state index is 12.3. The molecule has 2 N–H and O–H groups in total. The van der Waals surface area contributed by atoms with E-state index < -0.39 is 34.8 Å². The topological polar surface area (TPSA) is 93.9 Å². The fraction of sp³-hybridized carbons (Fsp3) is 0.125. The summed E-state index contributed by atoms with van der Waals surface area (Å²) in [6.07, 6.45) is -3.12. The first-order chi connectivity index (χ1) is 6.97. The third-order valence-electron chi connectivity index (χ3n) is 1.64. The van der Waals surface area contributed by atoms with Crippen LogP contribution in [-0.4, -0.2) is 16.1 Å². The monoisotopic (exact) mass is 214 g/mol. The third-order valence-corrected chi connectivity index (χ3v) is 1.64. The van der Waals surface area contributed by atoms with Gasteiger partial charge in [-0.3, -0.25) is 4.79 Å². The quantitative estimate of drug-likeness (QED) is 0.764. The fourth-order valence-corrected chi connectivity index (χ4v) is 0.994. The molecule has 5 nitrogen and oxygen atoms in total. The van der Waals surface area contributed by atoms with Gasteiger partial charge >= 0.3 is 5.97 Å². The predicted molar refractivity (Wildman–Crippen MR) is 43.7 cm³/mol. The van der Waals surface area contributed by atoms with E-state index in [-0.39, 0.29) is 0 Å². The number of aromatic amines is 1. The summed E-state index contributed by atoms with van der Waals surface area (Å²) in [4.78, 5) is 23.2. The highest BCUT2D eigenvalue weighted by Crippen LogP contribution is 2.18. The third kappa shape index (κ3) is 1.99. The van der Waals surface area contributed by atoms with E-state index in [0.717, 1.165) is 0 Å². The van der Waals surface area contributed by atoms with Crippen molar-refractivity contribution < 1.29 is 18.7 Å². The highest BCUT2D eigenvalue weighted by Gasteiger charge is 2.20. The standard InChI is InChI=1S/C8H4F2N2O3/c9-6(10)5-3(2-11)1-4(8(14)15)12-7(5)13/h1,6H,(H,12,13)(H,14,15). The molecule has 0 aliphatic rings. The summed E-state index contributed by atoms with van der Waals surface area (Å²) in [7, 11) is 0. The van der Waals surface area contributed by atoms with Crippen molar-refractivity contribution >= 4 is 5.97 Å². The minimum absolute atomic E-state index is 0.596. The van der Waals surface area contributed by atoms with Crippen LogP contribution < -0.4 is 5.56 Å². The molecule has 1 aromatic heterocycles. The molecule has 1 aromatic rings. The molecule has 0 fully saturated rings. The molecule has 0 aromatic carbocycles. The van der Waals surface area contributed by atoms with Crippen LogP contribution in [0.25, 0.3) is 0 Å². The van der Waals surface area contributed by atoms with Gasteiger partial charge in [0.15, 0.2) is 0 Å². The molecule has 0 unspecified atom stereocenters. The van der Waals surface area contributed by atoms with Gasteiger partial charge in [-0.25, -0.2) is 13.6 Å². The van der Waals surface area contributed by atoms with Crippen LogP contribution in [0.3, 0.4) is 0 Å². The van der Waals surface area contributed by atoms with E-state index in [1.165, 1.54) is 6.07 Å². The Kier molecular flexibility index (Phi) is 2.80. The highest BCUT2D eigenvalue weighted by molar-refractivity contribution is 5.85. The van der Waals surface area contributed by atoms with Crippen molar-refractivity contribution in [3.63, 3.8) is 0 Å². The Morgan fingerprint density at radius 3 is 2.60 bits per heavy atom. The molecule has 15 heavy (non-hydrogen) atoms. The van der Waals surface area contributed by atoms with Crippen molar-refractivity contribution in [3.05, 3.63) is 33.2 Å². The first-order valence-electron chi connectivity index (χ1n) is 3.66. The zero-order chi connectivity index (χ0) is 11.6. The molecular formula is C8H4F2N2O3. The fourth-order valence-electron chi connectivity index (χ4n) is 0.994. The van der Waals surface area contributed by atoms with Gasteiger partial charge in [0, 0.05) is 0 Å². The van der Waals surface area contributed by atoms with Crippen molar-refractivity contribution in [1.29, 1.82) is 5.26 Å². The summed E-state index contributed by atoms with van der Waals surface area (Å²) < 4.78 is 24.6. The molecule has 0 aliphatic carbocycles. The number of carbonyl (C=O) groups is 1. The Balaban J connectivity index is 3.53. The second kappa shape index (κ2) is 3.88. The van der Waals surface area contributed by atoms with Gasteiger partial charge in [0.05, 0.1) is 11.6 Å². The van der Waals surface area contributed by atoms with E-state index >= 15 is 0 Å². The number of nitrogens with zero attached hydrogens (tertiary/aromatic N) is 1. The lowest BCUT2D eigenvalue weighted by atomic mass is 10.1. The first-order valence-corrected chi connectivity index (χ1v) is 3.66. The molecule has 0 atom stereocenters. The lowest BCUT2D eigenvalue weighted by Crippen LogP contribution is -2.19. The zero-order valence-electron chi connectivity index (χ0n) is 7.12.